The molecular weight excluding hydrogens is 335 g/mol. The Morgan fingerprint density at radius 1 is 1.30 bits per heavy atom. The summed E-state index contributed by atoms with van der Waals surface area (Å²) in [6.07, 6.45) is 4.81. The molecule has 1 atom stereocenters. The Labute approximate surface area is 144 Å². The molecule has 0 aliphatic carbocycles. The van der Waals surface area contributed by atoms with Gasteiger partial charge in [0.2, 0.25) is 5.91 Å². The Morgan fingerprint density at radius 3 is 2.70 bits per heavy atom. The molecule has 1 aromatic carbocycles. The SMILES string of the molecule is CC(N)(C(=O)Nc1cnc2n1CCCC2)c1cc(Cl)cc(Cl)c1. The number of hydrogen-bond acceptors (Lipinski definition) is 3. The number of fused-ring (bicyclic) bond motifs is 1. The predicted molar refractivity (Wildman–Crippen MR) is 91.8 cm³/mol. The van der Waals surface area contributed by atoms with Crippen LogP contribution in [0, 0.1) is 0 Å². The van der Waals surface area contributed by atoms with Crippen molar-refractivity contribution < 1.29 is 4.79 Å². The number of nitrogens with one attached hydrogen (secondary N) is 1. The fourth-order valence-electron chi connectivity index (χ4n) is 2.75. The van der Waals surface area contributed by atoms with Crippen LogP contribution >= 0.6 is 23.2 Å². The van der Waals surface area contributed by atoms with Crippen molar-refractivity contribution in [1.29, 1.82) is 0 Å². The van der Waals surface area contributed by atoms with Crippen LogP contribution in [0.25, 0.3) is 0 Å². The van der Waals surface area contributed by atoms with Crippen molar-refractivity contribution in [2.75, 3.05) is 5.32 Å². The summed E-state index contributed by atoms with van der Waals surface area (Å²) in [4.78, 5) is 17.0. The number of nitrogens with two attached hydrogens (primary N) is 1. The van der Waals surface area contributed by atoms with Crippen molar-refractivity contribution >= 4 is 34.9 Å². The molecule has 1 amide bonds. The second-order valence-electron chi connectivity index (χ2n) is 5.98. The Kier molecular flexibility index (Phi) is 4.36. The molecule has 2 aromatic rings. The van der Waals surface area contributed by atoms with Gasteiger partial charge in [-0.3, -0.25) is 4.79 Å². The molecule has 1 aliphatic heterocycles. The highest BCUT2D eigenvalue weighted by molar-refractivity contribution is 6.34. The van der Waals surface area contributed by atoms with Crippen LogP contribution in [0.3, 0.4) is 0 Å². The number of hydrogen-bond donors (Lipinski definition) is 2. The van der Waals surface area contributed by atoms with Gasteiger partial charge in [-0.15, -0.1) is 0 Å². The number of carbonyl (C=O) groups is 1. The van der Waals surface area contributed by atoms with Gasteiger partial charge in [-0.25, -0.2) is 4.98 Å². The molecule has 23 heavy (non-hydrogen) atoms. The van der Waals surface area contributed by atoms with Crippen LogP contribution in [0.15, 0.2) is 24.4 Å². The van der Waals surface area contributed by atoms with E-state index < -0.39 is 5.54 Å². The first-order valence-corrected chi connectivity index (χ1v) is 8.25. The lowest BCUT2D eigenvalue weighted by atomic mass is 9.92. The van der Waals surface area contributed by atoms with Gasteiger partial charge in [-0.1, -0.05) is 23.2 Å². The zero-order chi connectivity index (χ0) is 16.6. The van der Waals surface area contributed by atoms with Gasteiger partial charge in [0.1, 0.15) is 17.2 Å². The molecule has 0 saturated heterocycles. The van der Waals surface area contributed by atoms with Crippen LogP contribution in [0.1, 0.15) is 31.2 Å². The third-order valence-electron chi connectivity index (χ3n) is 4.15. The maximum Gasteiger partial charge on any atom is 0.249 e. The Bertz CT molecular complexity index is 734. The molecule has 1 unspecified atom stereocenters. The van der Waals surface area contributed by atoms with E-state index in [0.717, 1.165) is 31.6 Å². The lowest BCUT2D eigenvalue weighted by molar-refractivity contribution is -0.120. The molecule has 5 nitrogen and oxygen atoms in total. The van der Waals surface area contributed by atoms with Crippen LogP contribution < -0.4 is 11.1 Å². The quantitative estimate of drug-likeness (QED) is 0.889. The summed E-state index contributed by atoms with van der Waals surface area (Å²) in [6.45, 7) is 2.49. The Balaban J connectivity index is 1.85. The van der Waals surface area contributed by atoms with E-state index in [1.165, 1.54) is 0 Å². The van der Waals surface area contributed by atoms with E-state index in [2.05, 4.69) is 10.3 Å². The second-order valence-corrected chi connectivity index (χ2v) is 6.86. The molecule has 1 aromatic heterocycles. The summed E-state index contributed by atoms with van der Waals surface area (Å²) in [6, 6.07) is 4.91. The van der Waals surface area contributed by atoms with E-state index >= 15 is 0 Å². The zero-order valence-corrected chi connectivity index (χ0v) is 14.3. The van der Waals surface area contributed by atoms with Gasteiger partial charge in [-0.05, 0) is 43.5 Å². The summed E-state index contributed by atoms with van der Waals surface area (Å²) >= 11 is 12.0. The van der Waals surface area contributed by atoms with E-state index in [1.54, 1.807) is 31.3 Å². The number of benzene rings is 1. The molecule has 0 saturated carbocycles. The molecule has 0 bridgehead atoms. The topological polar surface area (TPSA) is 72.9 Å². The molecule has 2 heterocycles. The van der Waals surface area contributed by atoms with Crippen molar-refractivity contribution in [1.82, 2.24) is 9.55 Å². The van der Waals surface area contributed by atoms with E-state index in [-0.39, 0.29) is 5.91 Å². The Hall–Kier alpha value is -1.56. The Morgan fingerprint density at radius 2 is 2.00 bits per heavy atom. The first kappa shape index (κ1) is 16.3. The van der Waals surface area contributed by atoms with E-state index in [9.17, 15) is 4.79 Å². The van der Waals surface area contributed by atoms with E-state index in [1.807, 2.05) is 4.57 Å². The second kappa shape index (κ2) is 6.15. The van der Waals surface area contributed by atoms with Crippen LogP contribution in [-0.4, -0.2) is 15.5 Å². The normalized spacial score (nSPS) is 16.5. The number of amides is 1. The smallest absolute Gasteiger partial charge is 0.249 e. The molecule has 3 rings (SSSR count). The minimum Gasteiger partial charge on any atom is -0.315 e. The molecule has 0 spiro atoms. The fraction of sp³-hybridized carbons (Fsp3) is 0.375. The third kappa shape index (κ3) is 3.22. The molecule has 0 fully saturated rings. The van der Waals surface area contributed by atoms with Crippen LogP contribution in [0.4, 0.5) is 5.82 Å². The largest absolute Gasteiger partial charge is 0.315 e. The summed E-state index contributed by atoms with van der Waals surface area (Å²) in [7, 11) is 0. The highest BCUT2D eigenvalue weighted by Crippen LogP contribution is 2.28. The monoisotopic (exact) mass is 352 g/mol. The number of anilines is 1. The number of carbonyl (C=O) groups excluding carboxylic acids is 1. The lowest BCUT2D eigenvalue weighted by Crippen LogP contribution is -2.46. The maximum absolute atomic E-state index is 12.7. The molecule has 1 aliphatic rings. The number of aromatic nitrogens is 2. The van der Waals surface area contributed by atoms with Gasteiger partial charge in [0.05, 0.1) is 6.20 Å². The zero-order valence-electron chi connectivity index (χ0n) is 12.8. The maximum atomic E-state index is 12.7. The highest BCUT2D eigenvalue weighted by atomic mass is 35.5. The fourth-order valence-corrected chi connectivity index (χ4v) is 3.27. The van der Waals surface area contributed by atoms with Crippen LogP contribution in [0.5, 0.6) is 0 Å². The van der Waals surface area contributed by atoms with Gasteiger partial charge in [0.25, 0.3) is 0 Å². The van der Waals surface area contributed by atoms with Crippen molar-refractivity contribution in [3.63, 3.8) is 0 Å². The van der Waals surface area contributed by atoms with Crippen LogP contribution in [-0.2, 0) is 23.3 Å². The van der Waals surface area contributed by atoms with Gasteiger partial charge < -0.3 is 15.6 Å². The van der Waals surface area contributed by atoms with Crippen molar-refractivity contribution in [3.8, 4) is 0 Å². The number of rotatable bonds is 3. The van der Waals surface area contributed by atoms with E-state index in [4.69, 9.17) is 28.9 Å². The predicted octanol–water partition coefficient (Wildman–Crippen LogP) is 3.34. The van der Waals surface area contributed by atoms with Gasteiger partial charge in [0.15, 0.2) is 0 Å². The van der Waals surface area contributed by atoms with Crippen molar-refractivity contribution in [2.24, 2.45) is 5.73 Å². The average molecular weight is 353 g/mol. The minimum atomic E-state index is -1.26. The number of aryl methyl sites for hydroxylation is 1. The average Bonchev–Trinajstić information content (AvgIpc) is 2.89. The first-order chi connectivity index (χ1) is 10.9. The van der Waals surface area contributed by atoms with Gasteiger partial charge in [-0.2, -0.15) is 0 Å². The third-order valence-corrected chi connectivity index (χ3v) is 4.58. The van der Waals surface area contributed by atoms with Crippen molar-refractivity contribution in [2.45, 2.75) is 38.3 Å². The summed E-state index contributed by atoms with van der Waals surface area (Å²) < 4.78 is 2.03. The number of imidazole rings is 1. The summed E-state index contributed by atoms with van der Waals surface area (Å²) in [5, 5.41) is 3.76. The summed E-state index contributed by atoms with van der Waals surface area (Å²) in [5.41, 5.74) is 5.56. The van der Waals surface area contributed by atoms with Crippen molar-refractivity contribution in [3.05, 3.63) is 45.8 Å². The molecule has 122 valence electrons. The van der Waals surface area contributed by atoms with Crippen LogP contribution in [0.2, 0.25) is 10.0 Å². The molecule has 0 radical (unpaired) electrons. The highest BCUT2D eigenvalue weighted by Gasteiger charge is 2.32. The molecule has 7 heteroatoms. The van der Waals surface area contributed by atoms with E-state index in [0.29, 0.717) is 21.4 Å². The standard InChI is InChI=1S/C16H18Cl2N4O/c1-16(19,10-6-11(17)8-12(18)7-10)15(23)21-14-9-20-13-4-2-3-5-22(13)14/h6-9H,2-5,19H2,1H3,(H,21,23). The lowest BCUT2D eigenvalue weighted by Gasteiger charge is -2.25. The first-order valence-electron chi connectivity index (χ1n) is 7.49. The molecule has 3 N–H and O–H groups in total. The minimum absolute atomic E-state index is 0.330. The molecular formula is C16H18Cl2N4O. The van der Waals surface area contributed by atoms with Gasteiger partial charge >= 0.3 is 0 Å². The number of nitrogens with zero attached hydrogens (tertiary/aromatic N) is 2. The summed E-state index contributed by atoms with van der Waals surface area (Å²) in [5.74, 6) is 1.34. The number of halogens is 2. The van der Waals surface area contributed by atoms with Gasteiger partial charge in [0, 0.05) is 23.0 Å².